The molecule has 7 nitrogen and oxygen atoms in total. The molecule has 0 unspecified atom stereocenters. The summed E-state index contributed by atoms with van der Waals surface area (Å²) >= 11 is 1.48. The van der Waals surface area contributed by atoms with Gasteiger partial charge in [0.05, 0.1) is 26.2 Å². The minimum atomic E-state index is -0.164. The smallest absolute Gasteiger partial charge is 0.226 e. The number of carbonyl (C=O) groups is 2. The standard InChI is InChI=1S/C29H33N5O2S/c35-25(30-29-32-31-28(37-29)20-8-2-1-3-9-20)14-15-26(36)33-16-18-34(19-17-33)27-23-12-6-4-10-21(23)22-11-5-7-13-24(22)27/h4-7,10-13,20,27H,1-3,8-9,14-19H2,(H,30,32,35)/p+1. The van der Waals surface area contributed by atoms with E-state index in [9.17, 15) is 9.59 Å². The number of hydrogen-bond acceptors (Lipinski definition) is 5. The summed E-state index contributed by atoms with van der Waals surface area (Å²) < 4.78 is 0. The van der Waals surface area contributed by atoms with Crippen molar-refractivity contribution in [3.63, 3.8) is 0 Å². The topological polar surface area (TPSA) is 79.6 Å². The van der Waals surface area contributed by atoms with Crippen molar-refractivity contribution in [3.8, 4) is 11.1 Å². The van der Waals surface area contributed by atoms with Gasteiger partial charge in [-0.3, -0.25) is 9.59 Å². The number of quaternary nitrogens is 1. The quantitative estimate of drug-likeness (QED) is 0.522. The van der Waals surface area contributed by atoms with E-state index in [-0.39, 0.29) is 24.7 Å². The zero-order valence-corrected chi connectivity index (χ0v) is 21.9. The third-order valence-electron chi connectivity index (χ3n) is 8.21. The molecular weight excluding hydrogens is 482 g/mol. The van der Waals surface area contributed by atoms with Crippen molar-refractivity contribution in [2.75, 3.05) is 31.5 Å². The molecule has 2 amide bonds. The van der Waals surface area contributed by atoms with Gasteiger partial charge in [-0.15, -0.1) is 10.2 Å². The van der Waals surface area contributed by atoms with E-state index in [1.807, 2.05) is 4.90 Å². The maximum atomic E-state index is 12.9. The summed E-state index contributed by atoms with van der Waals surface area (Å²) in [5.74, 6) is 0.371. The largest absolute Gasteiger partial charge is 0.331 e. The predicted octanol–water partition coefficient (Wildman–Crippen LogP) is 3.80. The van der Waals surface area contributed by atoms with Crippen LogP contribution in [0.4, 0.5) is 5.13 Å². The van der Waals surface area contributed by atoms with E-state index >= 15 is 0 Å². The maximum absolute atomic E-state index is 12.9. The highest BCUT2D eigenvalue weighted by atomic mass is 32.1. The third kappa shape index (κ3) is 5.05. The summed E-state index contributed by atoms with van der Waals surface area (Å²) in [6, 6.07) is 17.7. The summed E-state index contributed by atoms with van der Waals surface area (Å²) in [5.41, 5.74) is 5.44. The molecular formula is C29H34N5O2S+. The Labute approximate surface area is 221 Å². The minimum absolute atomic E-state index is 0.0570. The van der Waals surface area contributed by atoms with Gasteiger partial charge in [0.25, 0.3) is 0 Å². The van der Waals surface area contributed by atoms with Gasteiger partial charge in [0.1, 0.15) is 11.0 Å². The summed E-state index contributed by atoms with van der Waals surface area (Å²) in [4.78, 5) is 28.8. The van der Waals surface area contributed by atoms with Crippen molar-refractivity contribution in [1.29, 1.82) is 0 Å². The van der Waals surface area contributed by atoms with Crippen LogP contribution in [0.5, 0.6) is 0 Å². The molecule has 0 radical (unpaired) electrons. The minimum Gasteiger partial charge on any atom is -0.331 e. The molecule has 6 rings (SSSR count). The van der Waals surface area contributed by atoms with Crippen LogP contribution >= 0.6 is 11.3 Å². The Bertz CT molecular complexity index is 1230. The van der Waals surface area contributed by atoms with E-state index in [0.29, 0.717) is 17.1 Å². The van der Waals surface area contributed by atoms with Crippen molar-refractivity contribution in [3.05, 3.63) is 64.7 Å². The summed E-state index contributed by atoms with van der Waals surface area (Å²) in [6.45, 7) is 3.25. The average Bonchev–Trinajstić information content (AvgIpc) is 3.55. The Hall–Kier alpha value is -3.10. The normalized spacial score (nSPS) is 18.4. The van der Waals surface area contributed by atoms with Crippen molar-refractivity contribution < 1.29 is 14.5 Å². The van der Waals surface area contributed by atoms with Crippen LogP contribution in [0.15, 0.2) is 48.5 Å². The third-order valence-corrected chi connectivity index (χ3v) is 9.21. The van der Waals surface area contributed by atoms with Crippen molar-refractivity contribution in [2.24, 2.45) is 0 Å². The Morgan fingerprint density at radius 3 is 2.22 bits per heavy atom. The number of nitrogens with zero attached hydrogens (tertiary/aromatic N) is 3. The average molecular weight is 517 g/mol. The van der Waals surface area contributed by atoms with Crippen LogP contribution in [0.3, 0.4) is 0 Å². The lowest BCUT2D eigenvalue weighted by Crippen LogP contribution is -3.15. The van der Waals surface area contributed by atoms with Gasteiger partial charge in [-0.2, -0.15) is 0 Å². The maximum Gasteiger partial charge on any atom is 0.226 e. The van der Waals surface area contributed by atoms with Gasteiger partial charge in [-0.1, -0.05) is 79.1 Å². The molecule has 2 aromatic carbocycles. The van der Waals surface area contributed by atoms with E-state index in [1.54, 1.807) is 0 Å². The van der Waals surface area contributed by atoms with Gasteiger partial charge in [-0.05, 0) is 24.0 Å². The Kier molecular flexibility index (Phi) is 7.02. The highest BCUT2D eigenvalue weighted by Gasteiger charge is 2.38. The highest BCUT2D eigenvalue weighted by Crippen LogP contribution is 2.41. The number of anilines is 1. The molecule has 0 atom stereocenters. The van der Waals surface area contributed by atoms with E-state index in [2.05, 4.69) is 64.0 Å². The molecule has 1 saturated carbocycles. The highest BCUT2D eigenvalue weighted by molar-refractivity contribution is 7.15. The number of amides is 2. The van der Waals surface area contributed by atoms with Gasteiger partial charge in [0, 0.05) is 29.9 Å². The number of hydrogen-bond donors (Lipinski definition) is 2. The monoisotopic (exact) mass is 516 g/mol. The van der Waals surface area contributed by atoms with Crippen molar-refractivity contribution in [2.45, 2.75) is 56.9 Å². The van der Waals surface area contributed by atoms with E-state index in [4.69, 9.17) is 0 Å². The van der Waals surface area contributed by atoms with Gasteiger partial charge >= 0.3 is 0 Å². The Morgan fingerprint density at radius 1 is 0.892 bits per heavy atom. The van der Waals surface area contributed by atoms with Crippen LogP contribution < -0.4 is 10.2 Å². The molecule has 2 heterocycles. The number of nitrogens with one attached hydrogen (secondary N) is 2. The Morgan fingerprint density at radius 2 is 1.54 bits per heavy atom. The van der Waals surface area contributed by atoms with Gasteiger partial charge in [0.15, 0.2) is 0 Å². The summed E-state index contributed by atoms with van der Waals surface area (Å²) in [7, 11) is 0. The molecule has 1 saturated heterocycles. The van der Waals surface area contributed by atoms with Crippen LogP contribution in [0.25, 0.3) is 11.1 Å². The van der Waals surface area contributed by atoms with Crippen LogP contribution in [-0.2, 0) is 9.59 Å². The number of carbonyl (C=O) groups excluding carboxylic acids is 2. The zero-order chi connectivity index (χ0) is 25.2. The second kappa shape index (κ2) is 10.7. The lowest BCUT2D eigenvalue weighted by molar-refractivity contribution is -0.929. The van der Waals surface area contributed by atoms with Crippen molar-refractivity contribution in [1.82, 2.24) is 15.1 Å². The molecule has 192 valence electrons. The SMILES string of the molecule is O=C(CCC(=O)N1CC[NH+](C2c3ccccc3-c3ccccc32)CC1)Nc1nnc(C2CCCCC2)s1. The first-order valence-corrected chi connectivity index (χ1v) is 14.4. The molecule has 0 bridgehead atoms. The number of fused-ring (bicyclic) bond motifs is 3. The molecule has 2 aliphatic carbocycles. The van der Waals surface area contributed by atoms with Crippen LogP contribution in [-0.4, -0.2) is 53.1 Å². The van der Waals surface area contributed by atoms with Crippen LogP contribution in [0.1, 0.15) is 73.0 Å². The second-order valence-corrected chi connectivity index (χ2v) is 11.5. The van der Waals surface area contributed by atoms with Crippen LogP contribution in [0.2, 0.25) is 0 Å². The first kappa shape index (κ1) is 24.2. The van der Waals surface area contributed by atoms with Crippen molar-refractivity contribution >= 4 is 28.3 Å². The number of rotatable bonds is 6. The fraction of sp³-hybridized carbons (Fsp3) is 0.448. The molecule has 37 heavy (non-hydrogen) atoms. The molecule has 2 fully saturated rings. The van der Waals surface area contributed by atoms with Gasteiger partial charge in [-0.25, -0.2) is 0 Å². The van der Waals surface area contributed by atoms with Crippen LogP contribution in [0, 0.1) is 0 Å². The van der Waals surface area contributed by atoms with Gasteiger partial charge in [0.2, 0.25) is 16.9 Å². The summed E-state index contributed by atoms with van der Waals surface area (Å²) in [6.07, 6.45) is 6.50. The second-order valence-electron chi connectivity index (χ2n) is 10.5. The molecule has 1 aliphatic heterocycles. The molecule has 3 aliphatic rings. The zero-order valence-electron chi connectivity index (χ0n) is 21.1. The molecule has 3 aromatic rings. The summed E-state index contributed by atoms with van der Waals surface area (Å²) in [5, 5.41) is 12.9. The van der Waals surface area contributed by atoms with Gasteiger partial charge < -0.3 is 15.1 Å². The lowest BCUT2D eigenvalue weighted by atomic mass is 9.90. The first-order valence-electron chi connectivity index (χ1n) is 13.6. The molecule has 0 spiro atoms. The molecule has 1 aromatic heterocycles. The molecule has 8 heteroatoms. The number of benzene rings is 2. The van der Waals surface area contributed by atoms with E-state index in [1.165, 1.54) is 57.8 Å². The Balaban J connectivity index is 0.999. The van der Waals surface area contributed by atoms with E-state index < -0.39 is 0 Å². The first-order chi connectivity index (χ1) is 18.2. The molecule has 2 N–H and O–H groups in total. The van der Waals surface area contributed by atoms with E-state index in [0.717, 1.165) is 44.0 Å². The fourth-order valence-corrected chi connectivity index (χ4v) is 7.22. The number of aromatic nitrogens is 2. The predicted molar refractivity (Wildman–Crippen MR) is 145 cm³/mol. The fourth-order valence-electron chi connectivity index (χ4n) is 6.29. The lowest BCUT2D eigenvalue weighted by Gasteiger charge is -2.36. The number of piperazine rings is 1.